The van der Waals surface area contributed by atoms with Crippen LogP contribution < -0.4 is 0 Å². The number of halogens is 2. The van der Waals surface area contributed by atoms with Crippen LogP contribution in [-0.2, 0) is 11.2 Å². The Morgan fingerprint density at radius 3 is 3.00 bits per heavy atom. The molecule has 1 saturated heterocycles. The predicted molar refractivity (Wildman–Crippen MR) is 52.4 cm³/mol. The van der Waals surface area contributed by atoms with Crippen molar-refractivity contribution in [1.29, 1.82) is 0 Å². The zero-order valence-electron chi connectivity index (χ0n) is 6.89. The molecule has 0 aromatic heterocycles. The third kappa shape index (κ3) is 1.18. The molecule has 0 amide bonds. The molecule has 68 valence electrons. The van der Waals surface area contributed by atoms with E-state index in [1.54, 1.807) is 0 Å². The van der Waals surface area contributed by atoms with E-state index < -0.39 is 0 Å². The normalized spacial score (nSPS) is 29.4. The van der Waals surface area contributed by atoms with E-state index in [9.17, 15) is 0 Å². The molecule has 3 rings (SSSR count). The molecule has 1 fully saturated rings. The van der Waals surface area contributed by atoms with Crippen molar-refractivity contribution in [3.05, 3.63) is 33.3 Å². The van der Waals surface area contributed by atoms with Gasteiger partial charge in [-0.15, -0.1) is 0 Å². The van der Waals surface area contributed by atoms with E-state index in [2.05, 4.69) is 0 Å². The van der Waals surface area contributed by atoms with E-state index in [0.717, 1.165) is 17.9 Å². The van der Waals surface area contributed by atoms with Gasteiger partial charge in [-0.25, -0.2) is 0 Å². The van der Waals surface area contributed by atoms with Gasteiger partial charge in [0, 0.05) is 10.0 Å². The minimum Gasteiger partial charge on any atom is -0.364 e. The van der Waals surface area contributed by atoms with E-state index >= 15 is 0 Å². The van der Waals surface area contributed by atoms with Crippen molar-refractivity contribution >= 4 is 23.2 Å². The van der Waals surface area contributed by atoms with Crippen LogP contribution in [-0.4, -0.2) is 6.10 Å². The lowest BCUT2D eigenvalue weighted by molar-refractivity contribution is 0.373. The van der Waals surface area contributed by atoms with Crippen molar-refractivity contribution in [3.8, 4) is 0 Å². The van der Waals surface area contributed by atoms with Crippen molar-refractivity contribution in [2.75, 3.05) is 0 Å². The molecule has 0 saturated carbocycles. The van der Waals surface area contributed by atoms with Crippen molar-refractivity contribution in [1.82, 2.24) is 0 Å². The van der Waals surface area contributed by atoms with Crippen LogP contribution in [0.4, 0.5) is 0 Å². The summed E-state index contributed by atoms with van der Waals surface area (Å²) >= 11 is 12.0. The number of hydrogen-bond donors (Lipinski definition) is 0. The number of rotatable bonds is 0. The van der Waals surface area contributed by atoms with E-state index in [0.29, 0.717) is 11.1 Å². The third-order valence-electron chi connectivity index (χ3n) is 2.76. The van der Waals surface area contributed by atoms with Gasteiger partial charge in [-0.3, -0.25) is 0 Å². The molecule has 1 aromatic carbocycles. The molecule has 1 aliphatic heterocycles. The summed E-state index contributed by atoms with van der Waals surface area (Å²) in [5.74, 6) is 0. The Labute approximate surface area is 86.6 Å². The Kier molecular flexibility index (Phi) is 1.64. The van der Waals surface area contributed by atoms with E-state index in [1.165, 1.54) is 11.1 Å². The molecular formula is C10H8Cl2O. The molecule has 13 heavy (non-hydrogen) atoms. The number of fused-ring (bicyclic) bond motifs is 3. The van der Waals surface area contributed by atoms with Crippen LogP contribution in [0.1, 0.15) is 23.7 Å². The first kappa shape index (κ1) is 8.10. The predicted octanol–water partition coefficient (Wildman–Crippen LogP) is 3.38. The first-order chi connectivity index (χ1) is 6.25. The second-order valence-corrected chi connectivity index (χ2v) is 4.43. The maximum absolute atomic E-state index is 6.09. The second kappa shape index (κ2) is 2.63. The zero-order chi connectivity index (χ0) is 9.00. The number of benzene rings is 1. The molecule has 0 bridgehead atoms. The number of hydrogen-bond acceptors (Lipinski definition) is 1. The lowest BCUT2D eigenvalue weighted by Crippen LogP contribution is -2.04. The summed E-state index contributed by atoms with van der Waals surface area (Å²) in [5.41, 5.74) is 2.43. The Balaban J connectivity index is 2.19. The van der Waals surface area contributed by atoms with Crippen LogP contribution in [0.2, 0.25) is 10.0 Å². The van der Waals surface area contributed by atoms with Gasteiger partial charge in [-0.2, -0.15) is 0 Å². The van der Waals surface area contributed by atoms with Gasteiger partial charge in [-0.1, -0.05) is 23.2 Å². The van der Waals surface area contributed by atoms with Gasteiger partial charge in [0.05, 0.1) is 6.10 Å². The smallest absolute Gasteiger partial charge is 0.110 e. The monoisotopic (exact) mass is 214 g/mol. The Morgan fingerprint density at radius 2 is 2.15 bits per heavy atom. The van der Waals surface area contributed by atoms with Crippen LogP contribution in [0.25, 0.3) is 0 Å². The minimum atomic E-state index is 0.278. The highest BCUT2D eigenvalue weighted by atomic mass is 35.5. The van der Waals surface area contributed by atoms with Crippen molar-refractivity contribution < 1.29 is 4.74 Å². The molecule has 0 unspecified atom stereocenters. The fraction of sp³-hybridized carbons (Fsp3) is 0.400. The summed E-state index contributed by atoms with van der Waals surface area (Å²) in [6.07, 6.45) is 2.83. The van der Waals surface area contributed by atoms with Gasteiger partial charge in [0.1, 0.15) is 6.10 Å². The maximum Gasteiger partial charge on any atom is 0.110 e. The van der Waals surface area contributed by atoms with Crippen molar-refractivity contribution in [3.63, 3.8) is 0 Å². The molecule has 1 nitrogen and oxygen atoms in total. The van der Waals surface area contributed by atoms with Crippen LogP contribution >= 0.6 is 23.2 Å². The SMILES string of the molecule is Clc1cc(Cl)c2c(c1)[C@@H]1O[C@@H]1CC2. The van der Waals surface area contributed by atoms with Crippen LogP contribution in [0.15, 0.2) is 12.1 Å². The van der Waals surface area contributed by atoms with Gasteiger partial charge >= 0.3 is 0 Å². The lowest BCUT2D eigenvalue weighted by Gasteiger charge is -2.13. The van der Waals surface area contributed by atoms with Gasteiger partial charge in [0.15, 0.2) is 0 Å². The topological polar surface area (TPSA) is 12.5 Å². The highest BCUT2D eigenvalue weighted by molar-refractivity contribution is 6.35. The van der Waals surface area contributed by atoms with E-state index in [-0.39, 0.29) is 6.10 Å². The highest BCUT2D eigenvalue weighted by Crippen LogP contribution is 2.49. The molecule has 3 heteroatoms. The molecular weight excluding hydrogens is 207 g/mol. The first-order valence-electron chi connectivity index (χ1n) is 4.39. The molecule has 1 aliphatic carbocycles. The van der Waals surface area contributed by atoms with Crippen molar-refractivity contribution in [2.45, 2.75) is 25.0 Å². The Bertz CT molecular complexity index is 375. The van der Waals surface area contributed by atoms with Crippen LogP contribution in [0.5, 0.6) is 0 Å². The fourth-order valence-corrected chi connectivity index (χ4v) is 2.67. The summed E-state index contributed by atoms with van der Waals surface area (Å²) in [5, 5.41) is 1.50. The summed E-state index contributed by atoms with van der Waals surface area (Å²) in [6.45, 7) is 0. The van der Waals surface area contributed by atoms with Gasteiger partial charge in [0.2, 0.25) is 0 Å². The van der Waals surface area contributed by atoms with Gasteiger partial charge in [0.25, 0.3) is 0 Å². The third-order valence-corrected chi connectivity index (χ3v) is 3.32. The fourth-order valence-electron chi connectivity index (χ4n) is 2.06. The lowest BCUT2D eigenvalue weighted by atomic mass is 9.92. The quantitative estimate of drug-likeness (QED) is 0.604. The number of epoxide rings is 1. The molecule has 0 N–H and O–H groups in total. The first-order valence-corrected chi connectivity index (χ1v) is 5.14. The summed E-state index contributed by atoms with van der Waals surface area (Å²) in [6, 6.07) is 3.79. The zero-order valence-corrected chi connectivity index (χ0v) is 8.40. The van der Waals surface area contributed by atoms with Gasteiger partial charge < -0.3 is 4.74 Å². The average Bonchev–Trinajstić information content (AvgIpc) is 2.82. The Hall–Kier alpha value is -0.240. The van der Waals surface area contributed by atoms with Crippen LogP contribution in [0.3, 0.4) is 0 Å². The van der Waals surface area contributed by atoms with E-state index in [1.807, 2.05) is 12.1 Å². The standard InChI is InChI=1S/C10H8Cl2O/c11-5-3-7-6(8(12)4-5)1-2-9-10(7)13-9/h3-4,9-10H,1-2H2/t9-,10+/m1/s1. The summed E-state index contributed by atoms with van der Waals surface area (Å²) in [4.78, 5) is 0. The van der Waals surface area contributed by atoms with Gasteiger partial charge in [-0.05, 0) is 36.1 Å². The largest absolute Gasteiger partial charge is 0.364 e. The summed E-state index contributed by atoms with van der Waals surface area (Å²) < 4.78 is 5.50. The average molecular weight is 215 g/mol. The molecule has 0 spiro atoms. The highest BCUT2D eigenvalue weighted by Gasteiger charge is 2.44. The molecule has 2 aliphatic rings. The Morgan fingerprint density at radius 1 is 1.31 bits per heavy atom. The summed E-state index contributed by atoms with van der Waals surface area (Å²) in [7, 11) is 0. The molecule has 2 atom stereocenters. The molecule has 1 heterocycles. The number of ether oxygens (including phenoxy) is 1. The second-order valence-electron chi connectivity index (χ2n) is 3.59. The molecule has 1 aromatic rings. The van der Waals surface area contributed by atoms with Crippen LogP contribution in [0, 0.1) is 0 Å². The maximum atomic E-state index is 6.09. The van der Waals surface area contributed by atoms with Crippen molar-refractivity contribution in [2.24, 2.45) is 0 Å². The minimum absolute atomic E-state index is 0.278. The molecule has 0 radical (unpaired) electrons. The van der Waals surface area contributed by atoms with E-state index in [4.69, 9.17) is 27.9 Å².